The normalized spacial score (nSPS) is 30.5. The van der Waals surface area contributed by atoms with Gasteiger partial charge in [0, 0.05) is 17.5 Å². The number of nitrogens with two attached hydrogens (primary N) is 1. The van der Waals surface area contributed by atoms with Gasteiger partial charge in [0.15, 0.2) is 0 Å². The van der Waals surface area contributed by atoms with Crippen molar-refractivity contribution in [2.45, 2.75) is 39.7 Å². The average Bonchev–Trinajstić information content (AvgIpc) is 2.40. The van der Waals surface area contributed by atoms with Crippen LogP contribution in [0.4, 0.5) is 0 Å². The van der Waals surface area contributed by atoms with Gasteiger partial charge in [0.1, 0.15) is 5.76 Å². The van der Waals surface area contributed by atoms with E-state index in [2.05, 4.69) is 19.0 Å². The first-order valence-electron chi connectivity index (χ1n) is 4.64. The summed E-state index contributed by atoms with van der Waals surface area (Å²) in [6.45, 7) is 8.31. The molecule has 0 saturated heterocycles. The number of hydrogen-bond acceptors (Lipinski definition) is 3. The molecule has 3 nitrogen and oxygen atoms in total. The monoisotopic (exact) mass is 180 g/mol. The number of hydrogen-bond donors (Lipinski definition) is 1. The molecule has 2 rings (SSSR count). The van der Waals surface area contributed by atoms with Crippen LogP contribution in [0.1, 0.15) is 36.8 Å². The topological polar surface area (TPSA) is 52.0 Å². The Bertz CT molecular complexity index is 321. The van der Waals surface area contributed by atoms with E-state index in [1.165, 1.54) is 5.56 Å². The van der Waals surface area contributed by atoms with Gasteiger partial charge in [-0.2, -0.15) is 0 Å². The van der Waals surface area contributed by atoms with Gasteiger partial charge in [0.05, 0.1) is 5.69 Å². The Morgan fingerprint density at radius 3 is 2.23 bits per heavy atom. The molecule has 0 bridgehead atoms. The van der Waals surface area contributed by atoms with E-state index in [0.717, 1.165) is 11.5 Å². The Hall–Kier alpha value is -0.830. The predicted octanol–water partition coefficient (Wildman–Crippen LogP) is 1.74. The lowest BCUT2D eigenvalue weighted by molar-refractivity contribution is 0.392. The van der Waals surface area contributed by atoms with Crippen LogP contribution in [-0.2, 0) is 0 Å². The summed E-state index contributed by atoms with van der Waals surface area (Å²) >= 11 is 0. The summed E-state index contributed by atoms with van der Waals surface area (Å²) in [7, 11) is 0. The van der Waals surface area contributed by atoms with Crippen molar-refractivity contribution in [3.8, 4) is 0 Å². The molecule has 0 spiro atoms. The predicted molar refractivity (Wildman–Crippen MR) is 50.5 cm³/mol. The number of aromatic nitrogens is 1. The van der Waals surface area contributed by atoms with Gasteiger partial charge in [-0.15, -0.1) is 0 Å². The maximum Gasteiger partial charge on any atom is 0.137 e. The number of rotatable bonds is 1. The minimum atomic E-state index is 0.209. The highest BCUT2D eigenvalue weighted by atomic mass is 16.5. The molecule has 13 heavy (non-hydrogen) atoms. The van der Waals surface area contributed by atoms with Gasteiger partial charge in [-0.1, -0.05) is 19.0 Å². The summed E-state index contributed by atoms with van der Waals surface area (Å²) in [6, 6.07) is 0.254. The van der Waals surface area contributed by atoms with Crippen molar-refractivity contribution >= 4 is 0 Å². The first-order chi connectivity index (χ1) is 5.96. The molecule has 2 atom stereocenters. The molecule has 2 unspecified atom stereocenters. The molecule has 0 radical (unpaired) electrons. The van der Waals surface area contributed by atoms with E-state index in [1.54, 1.807) is 0 Å². The third-order valence-electron chi connectivity index (χ3n) is 3.31. The van der Waals surface area contributed by atoms with E-state index in [-0.39, 0.29) is 11.5 Å². The quantitative estimate of drug-likeness (QED) is 0.716. The molecule has 1 aliphatic carbocycles. The fourth-order valence-corrected chi connectivity index (χ4v) is 2.16. The molecule has 3 heteroatoms. The minimum Gasteiger partial charge on any atom is -0.361 e. The third-order valence-corrected chi connectivity index (χ3v) is 3.31. The Balaban J connectivity index is 2.39. The fourth-order valence-electron chi connectivity index (χ4n) is 2.16. The molecule has 1 saturated carbocycles. The molecule has 1 aromatic heterocycles. The standard InChI is InChI=1S/C10H16N2O/c1-5-7(6(2)13-12-5)8-9(11)10(8,3)4/h8-9H,11H2,1-4H3. The molecule has 1 heterocycles. The highest BCUT2D eigenvalue weighted by Gasteiger charge is 2.57. The SMILES string of the molecule is Cc1noc(C)c1C1C(N)C1(C)C. The molecular weight excluding hydrogens is 164 g/mol. The lowest BCUT2D eigenvalue weighted by Crippen LogP contribution is -2.06. The molecule has 72 valence electrons. The van der Waals surface area contributed by atoms with E-state index in [9.17, 15) is 0 Å². The van der Waals surface area contributed by atoms with Crippen molar-refractivity contribution in [2.24, 2.45) is 11.1 Å². The van der Waals surface area contributed by atoms with E-state index in [0.29, 0.717) is 5.92 Å². The maximum atomic E-state index is 6.00. The van der Waals surface area contributed by atoms with Crippen LogP contribution in [0.5, 0.6) is 0 Å². The summed E-state index contributed by atoms with van der Waals surface area (Å²) < 4.78 is 5.13. The van der Waals surface area contributed by atoms with Crippen LogP contribution >= 0.6 is 0 Å². The molecule has 1 fully saturated rings. The van der Waals surface area contributed by atoms with Crippen LogP contribution in [0.25, 0.3) is 0 Å². The van der Waals surface area contributed by atoms with Crippen LogP contribution < -0.4 is 5.73 Å². The second-order valence-corrected chi connectivity index (χ2v) is 4.56. The molecule has 1 aromatic rings. The summed E-state index contributed by atoms with van der Waals surface area (Å²) in [5, 5.41) is 3.95. The second kappa shape index (κ2) is 2.35. The molecule has 0 aromatic carbocycles. The van der Waals surface area contributed by atoms with Crippen molar-refractivity contribution in [1.29, 1.82) is 0 Å². The number of nitrogens with zero attached hydrogens (tertiary/aromatic N) is 1. The molecule has 2 N–H and O–H groups in total. The molecular formula is C10H16N2O. The van der Waals surface area contributed by atoms with Crippen molar-refractivity contribution in [2.75, 3.05) is 0 Å². The zero-order valence-electron chi connectivity index (χ0n) is 8.59. The van der Waals surface area contributed by atoms with E-state index < -0.39 is 0 Å². The van der Waals surface area contributed by atoms with E-state index in [4.69, 9.17) is 10.3 Å². The van der Waals surface area contributed by atoms with Crippen LogP contribution in [0.15, 0.2) is 4.52 Å². The Morgan fingerprint density at radius 2 is 1.92 bits per heavy atom. The highest BCUT2D eigenvalue weighted by molar-refractivity contribution is 5.38. The van der Waals surface area contributed by atoms with Gasteiger partial charge in [-0.05, 0) is 19.3 Å². The highest BCUT2D eigenvalue weighted by Crippen LogP contribution is 2.58. The Kier molecular flexibility index (Phi) is 1.58. The lowest BCUT2D eigenvalue weighted by atomic mass is 10.0. The maximum absolute atomic E-state index is 6.00. The fraction of sp³-hybridized carbons (Fsp3) is 0.700. The summed E-state index contributed by atoms with van der Waals surface area (Å²) in [6.07, 6.45) is 0. The van der Waals surface area contributed by atoms with Crippen molar-refractivity contribution < 1.29 is 4.52 Å². The van der Waals surface area contributed by atoms with Gasteiger partial charge >= 0.3 is 0 Å². The van der Waals surface area contributed by atoms with Gasteiger partial charge in [0.25, 0.3) is 0 Å². The summed E-state index contributed by atoms with van der Waals surface area (Å²) in [4.78, 5) is 0. The average molecular weight is 180 g/mol. The molecule has 1 aliphatic rings. The van der Waals surface area contributed by atoms with Crippen molar-refractivity contribution in [3.05, 3.63) is 17.0 Å². The van der Waals surface area contributed by atoms with E-state index in [1.807, 2.05) is 13.8 Å². The zero-order valence-corrected chi connectivity index (χ0v) is 8.59. The largest absolute Gasteiger partial charge is 0.361 e. The summed E-state index contributed by atoms with van der Waals surface area (Å²) in [5.74, 6) is 1.35. The minimum absolute atomic E-state index is 0.209. The van der Waals surface area contributed by atoms with Gasteiger partial charge in [-0.25, -0.2) is 0 Å². The Labute approximate surface area is 78.3 Å². The lowest BCUT2D eigenvalue weighted by Gasteiger charge is -2.00. The van der Waals surface area contributed by atoms with Crippen molar-refractivity contribution in [1.82, 2.24) is 5.16 Å². The summed E-state index contributed by atoms with van der Waals surface area (Å²) in [5.41, 5.74) is 8.42. The molecule has 0 aliphatic heterocycles. The second-order valence-electron chi connectivity index (χ2n) is 4.56. The Morgan fingerprint density at radius 1 is 1.38 bits per heavy atom. The van der Waals surface area contributed by atoms with Gasteiger partial charge in [-0.3, -0.25) is 0 Å². The van der Waals surface area contributed by atoms with Crippen LogP contribution in [-0.4, -0.2) is 11.2 Å². The van der Waals surface area contributed by atoms with Crippen LogP contribution in [0, 0.1) is 19.3 Å². The smallest absolute Gasteiger partial charge is 0.137 e. The molecule has 0 amide bonds. The van der Waals surface area contributed by atoms with Crippen molar-refractivity contribution in [3.63, 3.8) is 0 Å². The van der Waals surface area contributed by atoms with Gasteiger partial charge < -0.3 is 10.3 Å². The first-order valence-corrected chi connectivity index (χ1v) is 4.64. The first kappa shape index (κ1) is 8.75. The van der Waals surface area contributed by atoms with Gasteiger partial charge in [0.2, 0.25) is 0 Å². The third kappa shape index (κ3) is 1.03. The van der Waals surface area contributed by atoms with Crippen LogP contribution in [0.2, 0.25) is 0 Å². The van der Waals surface area contributed by atoms with E-state index >= 15 is 0 Å². The van der Waals surface area contributed by atoms with Crippen LogP contribution in [0.3, 0.4) is 0 Å². The zero-order chi connectivity index (χ0) is 9.80. The number of aryl methyl sites for hydroxylation is 2.